The van der Waals surface area contributed by atoms with Gasteiger partial charge >= 0.3 is 0 Å². The molecule has 1 saturated heterocycles. The van der Waals surface area contributed by atoms with Gasteiger partial charge in [0.2, 0.25) is 0 Å². The Bertz CT molecular complexity index is 323. The topological polar surface area (TPSA) is 15.3 Å². The van der Waals surface area contributed by atoms with E-state index in [1.165, 1.54) is 70.9 Å². The van der Waals surface area contributed by atoms with Crippen LogP contribution in [0.2, 0.25) is 0 Å². The zero-order valence-corrected chi connectivity index (χ0v) is 12.5. The van der Waals surface area contributed by atoms with Crippen LogP contribution < -0.4 is 5.32 Å². The molecule has 2 nitrogen and oxygen atoms in total. The van der Waals surface area contributed by atoms with E-state index in [4.69, 9.17) is 0 Å². The Morgan fingerprint density at radius 1 is 1.05 bits per heavy atom. The monoisotopic (exact) mass is 262 g/mol. The fourth-order valence-corrected chi connectivity index (χ4v) is 4.32. The molecule has 1 aliphatic carbocycles. The molecule has 3 atom stereocenters. The van der Waals surface area contributed by atoms with Gasteiger partial charge in [0.05, 0.1) is 0 Å². The normalized spacial score (nSPS) is 36.9. The number of likely N-dealkylation sites (tertiary alicyclic amines) is 1. The smallest absolute Gasteiger partial charge is 0.0321 e. The first kappa shape index (κ1) is 13.5. The number of fused-ring (bicyclic) bond motifs is 1. The molecule has 2 aliphatic heterocycles. The van der Waals surface area contributed by atoms with Crippen molar-refractivity contribution in [2.75, 3.05) is 20.1 Å². The molecule has 108 valence electrons. The second-order valence-corrected chi connectivity index (χ2v) is 7.04. The van der Waals surface area contributed by atoms with Gasteiger partial charge in [0, 0.05) is 12.0 Å². The number of hydrogen-bond acceptors (Lipinski definition) is 2. The van der Waals surface area contributed by atoms with Crippen LogP contribution in [0.5, 0.6) is 0 Å². The lowest BCUT2D eigenvalue weighted by atomic mass is 9.78. The Morgan fingerprint density at radius 2 is 1.89 bits per heavy atom. The van der Waals surface area contributed by atoms with Crippen LogP contribution in [0, 0.1) is 11.8 Å². The van der Waals surface area contributed by atoms with Crippen LogP contribution >= 0.6 is 0 Å². The van der Waals surface area contributed by atoms with Gasteiger partial charge in [-0.2, -0.15) is 0 Å². The predicted octanol–water partition coefficient (Wildman–Crippen LogP) is 3.54. The minimum atomic E-state index is 0.792. The maximum absolute atomic E-state index is 3.66. The maximum atomic E-state index is 3.66. The van der Waals surface area contributed by atoms with E-state index in [1.807, 2.05) is 0 Å². The third-order valence-corrected chi connectivity index (χ3v) is 5.57. The molecule has 1 N–H and O–H groups in total. The summed E-state index contributed by atoms with van der Waals surface area (Å²) in [6.45, 7) is 2.61. The van der Waals surface area contributed by atoms with Gasteiger partial charge in [0.25, 0.3) is 0 Å². The highest BCUT2D eigenvalue weighted by Gasteiger charge is 2.32. The van der Waals surface area contributed by atoms with E-state index >= 15 is 0 Å². The molecule has 0 spiro atoms. The summed E-state index contributed by atoms with van der Waals surface area (Å²) < 4.78 is 0. The summed E-state index contributed by atoms with van der Waals surface area (Å²) in [7, 11) is 2.29. The largest absolute Gasteiger partial charge is 0.388 e. The molecule has 3 unspecified atom stereocenters. The molecule has 0 aromatic rings. The summed E-state index contributed by atoms with van der Waals surface area (Å²) in [5.74, 6) is 1.83. The van der Waals surface area contributed by atoms with Crippen LogP contribution in [0.4, 0.5) is 0 Å². The predicted molar refractivity (Wildman–Crippen MR) is 81.0 cm³/mol. The highest BCUT2D eigenvalue weighted by molar-refractivity contribution is 5.17. The second-order valence-electron chi connectivity index (χ2n) is 7.04. The molecular formula is C17H30N2. The van der Waals surface area contributed by atoms with E-state index in [1.54, 1.807) is 5.57 Å². The van der Waals surface area contributed by atoms with E-state index in [0.29, 0.717) is 0 Å². The van der Waals surface area contributed by atoms with Crippen molar-refractivity contribution in [3.8, 4) is 0 Å². The quantitative estimate of drug-likeness (QED) is 0.819. The summed E-state index contributed by atoms with van der Waals surface area (Å²) in [6.07, 6.45) is 15.2. The molecule has 2 fully saturated rings. The van der Waals surface area contributed by atoms with Gasteiger partial charge in [-0.3, -0.25) is 0 Å². The highest BCUT2D eigenvalue weighted by atomic mass is 15.1. The van der Waals surface area contributed by atoms with Crippen LogP contribution in [0.3, 0.4) is 0 Å². The molecule has 0 amide bonds. The van der Waals surface area contributed by atoms with Gasteiger partial charge < -0.3 is 10.2 Å². The molecule has 3 rings (SSSR count). The Kier molecular flexibility index (Phi) is 4.47. The first-order chi connectivity index (χ1) is 9.33. The lowest BCUT2D eigenvalue weighted by Crippen LogP contribution is -2.31. The SMILES string of the molecule is CN1CCCCC(CC2=CNC3CCCCC23)CC1. The molecule has 0 bridgehead atoms. The molecule has 0 aromatic heterocycles. The minimum Gasteiger partial charge on any atom is -0.388 e. The molecule has 1 saturated carbocycles. The lowest BCUT2D eigenvalue weighted by molar-refractivity contribution is 0.251. The van der Waals surface area contributed by atoms with Gasteiger partial charge in [0.15, 0.2) is 0 Å². The molecule has 3 aliphatic rings. The van der Waals surface area contributed by atoms with Crippen LogP contribution in [-0.4, -0.2) is 31.1 Å². The Labute approximate surface area is 118 Å². The van der Waals surface area contributed by atoms with E-state index in [9.17, 15) is 0 Å². The standard InChI is InChI=1S/C17H30N2/c1-19-10-5-4-6-14(9-11-19)12-15-13-18-17-8-3-2-7-16(15)17/h13-14,16-18H,2-12H2,1H3. The Hall–Kier alpha value is -0.500. The van der Waals surface area contributed by atoms with E-state index < -0.39 is 0 Å². The molecule has 0 radical (unpaired) electrons. The van der Waals surface area contributed by atoms with Crippen molar-refractivity contribution < 1.29 is 0 Å². The van der Waals surface area contributed by atoms with Crippen LogP contribution in [0.25, 0.3) is 0 Å². The molecule has 19 heavy (non-hydrogen) atoms. The Morgan fingerprint density at radius 3 is 2.84 bits per heavy atom. The number of nitrogens with zero attached hydrogens (tertiary/aromatic N) is 1. The van der Waals surface area contributed by atoms with Crippen molar-refractivity contribution in [3.05, 3.63) is 11.8 Å². The van der Waals surface area contributed by atoms with Crippen molar-refractivity contribution in [1.29, 1.82) is 0 Å². The average Bonchev–Trinajstić information content (AvgIpc) is 2.81. The molecule has 0 aromatic carbocycles. The van der Waals surface area contributed by atoms with Crippen LogP contribution in [0.15, 0.2) is 11.8 Å². The Balaban J connectivity index is 1.55. The summed E-state index contributed by atoms with van der Waals surface area (Å²) in [4.78, 5) is 2.52. The zero-order valence-electron chi connectivity index (χ0n) is 12.5. The van der Waals surface area contributed by atoms with Crippen molar-refractivity contribution >= 4 is 0 Å². The van der Waals surface area contributed by atoms with E-state index in [2.05, 4.69) is 23.5 Å². The van der Waals surface area contributed by atoms with Crippen molar-refractivity contribution in [1.82, 2.24) is 10.2 Å². The third kappa shape index (κ3) is 3.34. The summed E-state index contributed by atoms with van der Waals surface area (Å²) in [5.41, 5.74) is 1.76. The first-order valence-corrected chi connectivity index (χ1v) is 8.46. The molecule has 2 heteroatoms. The van der Waals surface area contributed by atoms with Gasteiger partial charge in [-0.05, 0) is 69.9 Å². The van der Waals surface area contributed by atoms with Gasteiger partial charge in [-0.25, -0.2) is 0 Å². The first-order valence-electron chi connectivity index (χ1n) is 8.46. The van der Waals surface area contributed by atoms with Crippen molar-refractivity contribution in [3.63, 3.8) is 0 Å². The molecule has 2 heterocycles. The summed E-state index contributed by atoms with van der Waals surface area (Å²) in [5, 5.41) is 3.66. The van der Waals surface area contributed by atoms with E-state index in [-0.39, 0.29) is 0 Å². The third-order valence-electron chi connectivity index (χ3n) is 5.57. The highest BCUT2D eigenvalue weighted by Crippen LogP contribution is 2.38. The number of hydrogen-bond donors (Lipinski definition) is 1. The second kappa shape index (κ2) is 6.30. The number of nitrogens with one attached hydrogen (secondary N) is 1. The van der Waals surface area contributed by atoms with Crippen molar-refractivity contribution in [2.24, 2.45) is 11.8 Å². The fourth-order valence-electron chi connectivity index (χ4n) is 4.32. The number of rotatable bonds is 2. The minimum absolute atomic E-state index is 0.792. The maximum Gasteiger partial charge on any atom is 0.0321 e. The zero-order chi connectivity index (χ0) is 13.1. The van der Waals surface area contributed by atoms with Gasteiger partial charge in [-0.1, -0.05) is 25.7 Å². The summed E-state index contributed by atoms with van der Waals surface area (Å²) >= 11 is 0. The average molecular weight is 262 g/mol. The molecular weight excluding hydrogens is 232 g/mol. The summed E-state index contributed by atoms with van der Waals surface area (Å²) in [6, 6.07) is 0.792. The van der Waals surface area contributed by atoms with Crippen LogP contribution in [0.1, 0.15) is 57.8 Å². The van der Waals surface area contributed by atoms with Crippen LogP contribution in [-0.2, 0) is 0 Å². The van der Waals surface area contributed by atoms with Crippen molar-refractivity contribution in [2.45, 2.75) is 63.8 Å². The van der Waals surface area contributed by atoms with E-state index in [0.717, 1.165) is 17.9 Å². The lowest BCUT2D eigenvalue weighted by Gasteiger charge is -2.30. The fraction of sp³-hybridized carbons (Fsp3) is 0.882. The van der Waals surface area contributed by atoms with Gasteiger partial charge in [-0.15, -0.1) is 0 Å². The van der Waals surface area contributed by atoms with Gasteiger partial charge in [0.1, 0.15) is 0 Å².